The third-order valence-corrected chi connectivity index (χ3v) is 9.89. The second-order valence-corrected chi connectivity index (χ2v) is 11.1. The molecule has 0 aromatic rings. The van der Waals surface area contributed by atoms with E-state index in [2.05, 4.69) is 9.47 Å². The molecular weight excluding hydrogens is 448 g/mol. The summed E-state index contributed by atoms with van der Waals surface area (Å²) in [5.41, 5.74) is -6.26. The standard InChI is InChI=1S/C22H28F3O4PS/c1-11-6-13-14-8-16(24)15-7-12(26)4-5-19(15,2)21(14,25)17(29-30)9-20(13,3)22(11,28)18(27)31-10-23/h4-5,11,13-14,17,28H,6-10,30H2,1-3H3/t11-,13?,14?,17+,19+,20+,21+,22+/m1/s1. The number of aliphatic hydroxyl groups is 1. The van der Waals surface area contributed by atoms with E-state index in [-0.39, 0.29) is 30.6 Å². The van der Waals surface area contributed by atoms with Gasteiger partial charge >= 0.3 is 0 Å². The fourth-order valence-corrected chi connectivity index (χ4v) is 8.27. The lowest BCUT2D eigenvalue weighted by molar-refractivity contribution is -0.205. The molecule has 1 N–H and O–H groups in total. The Morgan fingerprint density at radius 3 is 2.68 bits per heavy atom. The number of halogens is 3. The van der Waals surface area contributed by atoms with E-state index in [1.165, 1.54) is 12.2 Å². The van der Waals surface area contributed by atoms with Crippen LogP contribution in [0.25, 0.3) is 0 Å². The van der Waals surface area contributed by atoms with Gasteiger partial charge in [0.25, 0.3) is 0 Å². The summed E-state index contributed by atoms with van der Waals surface area (Å²) in [6.45, 7) is 5.02. The Kier molecular flexibility index (Phi) is 5.61. The van der Waals surface area contributed by atoms with Gasteiger partial charge in [0.15, 0.2) is 11.5 Å². The summed E-state index contributed by atoms with van der Waals surface area (Å²) in [5, 5.41) is 10.9. The van der Waals surface area contributed by atoms with Crippen LogP contribution >= 0.6 is 21.2 Å². The third-order valence-electron chi connectivity index (χ3n) is 8.88. The molecule has 31 heavy (non-hydrogen) atoms. The summed E-state index contributed by atoms with van der Waals surface area (Å²) < 4.78 is 51.2. The second kappa shape index (κ2) is 7.41. The average Bonchev–Trinajstić information content (AvgIpc) is 2.92. The predicted molar refractivity (Wildman–Crippen MR) is 115 cm³/mol. The zero-order chi connectivity index (χ0) is 23.0. The van der Waals surface area contributed by atoms with Crippen LogP contribution < -0.4 is 0 Å². The van der Waals surface area contributed by atoms with E-state index >= 15 is 8.78 Å². The molecular formula is C22H28F3O4PS. The first-order valence-corrected chi connectivity index (χ1v) is 12.0. The van der Waals surface area contributed by atoms with Crippen molar-refractivity contribution in [1.29, 1.82) is 0 Å². The van der Waals surface area contributed by atoms with E-state index in [1.54, 1.807) is 20.8 Å². The zero-order valence-corrected chi connectivity index (χ0v) is 19.8. The van der Waals surface area contributed by atoms with Crippen LogP contribution in [0.3, 0.4) is 0 Å². The topological polar surface area (TPSA) is 63.6 Å². The Morgan fingerprint density at radius 2 is 2.06 bits per heavy atom. The highest BCUT2D eigenvalue weighted by atomic mass is 32.2. The molecule has 9 atom stereocenters. The molecule has 4 aliphatic rings. The normalized spacial score (nSPS) is 49.0. The Morgan fingerprint density at radius 1 is 1.39 bits per heavy atom. The van der Waals surface area contributed by atoms with E-state index in [0.717, 1.165) is 0 Å². The van der Waals surface area contributed by atoms with Gasteiger partial charge in [0, 0.05) is 39.1 Å². The molecule has 0 spiro atoms. The zero-order valence-electron chi connectivity index (χ0n) is 17.8. The molecule has 0 bridgehead atoms. The van der Waals surface area contributed by atoms with Crippen LogP contribution in [0.2, 0.25) is 0 Å². The van der Waals surface area contributed by atoms with E-state index in [1.807, 2.05) is 0 Å². The van der Waals surface area contributed by atoms with Gasteiger partial charge < -0.3 is 9.63 Å². The molecule has 0 aromatic heterocycles. The molecule has 0 saturated heterocycles. The monoisotopic (exact) mass is 476 g/mol. The lowest BCUT2D eigenvalue weighted by Gasteiger charge is -2.62. The van der Waals surface area contributed by atoms with Crippen LogP contribution in [0, 0.1) is 28.6 Å². The van der Waals surface area contributed by atoms with Gasteiger partial charge in [0.1, 0.15) is 17.4 Å². The van der Waals surface area contributed by atoms with Crippen molar-refractivity contribution in [1.82, 2.24) is 0 Å². The molecule has 0 amide bonds. The molecule has 0 aliphatic heterocycles. The largest absolute Gasteiger partial charge is 0.380 e. The molecule has 0 aromatic carbocycles. The van der Waals surface area contributed by atoms with Gasteiger partial charge in [-0.2, -0.15) is 0 Å². The van der Waals surface area contributed by atoms with Gasteiger partial charge in [-0.1, -0.05) is 31.7 Å². The summed E-state index contributed by atoms with van der Waals surface area (Å²) in [6.07, 6.45) is 1.62. The van der Waals surface area contributed by atoms with Crippen LogP contribution in [-0.4, -0.2) is 39.4 Å². The van der Waals surface area contributed by atoms with E-state index in [9.17, 15) is 19.1 Å². The van der Waals surface area contributed by atoms with Crippen LogP contribution in [-0.2, 0) is 14.1 Å². The molecule has 2 saturated carbocycles. The van der Waals surface area contributed by atoms with E-state index in [0.29, 0.717) is 18.2 Å². The molecule has 172 valence electrons. The van der Waals surface area contributed by atoms with Crippen molar-refractivity contribution in [2.45, 2.75) is 63.8 Å². The first-order chi connectivity index (χ1) is 14.4. The van der Waals surface area contributed by atoms with Crippen molar-refractivity contribution in [2.75, 3.05) is 6.01 Å². The van der Waals surface area contributed by atoms with Gasteiger partial charge in [-0.05, 0) is 43.3 Å². The summed E-state index contributed by atoms with van der Waals surface area (Å²) in [5.74, 6) is -2.72. The Labute approximate surface area is 186 Å². The van der Waals surface area contributed by atoms with Crippen molar-refractivity contribution in [2.24, 2.45) is 28.6 Å². The van der Waals surface area contributed by atoms with E-state index in [4.69, 9.17) is 4.52 Å². The fourth-order valence-electron chi connectivity index (χ4n) is 7.22. The van der Waals surface area contributed by atoms with Gasteiger partial charge in [-0.25, -0.2) is 13.2 Å². The van der Waals surface area contributed by atoms with Crippen molar-refractivity contribution in [3.63, 3.8) is 0 Å². The highest BCUT2D eigenvalue weighted by Crippen LogP contribution is 2.72. The number of carbonyl (C=O) groups excluding carboxylic acids is 2. The summed E-state index contributed by atoms with van der Waals surface area (Å²) in [4.78, 5) is 24.8. The van der Waals surface area contributed by atoms with Gasteiger partial charge in [-0.3, -0.25) is 9.59 Å². The molecule has 4 aliphatic carbocycles. The fraction of sp³-hybridized carbons (Fsp3) is 0.727. The smallest absolute Gasteiger partial charge is 0.223 e. The Hall–Kier alpha value is -0.690. The summed E-state index contributed by atoms with van der Waals surface area (Å²) in [6, 6.07) is -0.966. The first kappa shape index (κ1) is 23.5. The quantitative estimate of drug-likeness (QED) is 0.602. The van der Waals surface area contributed by atoms with Gasteiger partial charge in [-0.15, -0.1) is 0 Å². The van der Waals surface area contributed by atoms with Crippen molar-refractivity contribution in [3.05, 3.63) is 23.6 Å². The number of alkyl halides is 2. The number of rotatable bonds is 3. The van der Waals surface area contributed by atoms with Gasteiger partial charge in [0.05, 0.1) is 6.10 Å². The first-order valence-electron chi connectivity index (χ1n) is 10.5. The minimum atomic E-state index is -2.04. The van der Waals surface area contributed by atoms with Crippen LogP contribution in [0.15, 0.2) is 23.6 Å². The number of fused-ring (bicyclic) bond motifs is 5. The number of carbonyl (C=O) groups is 2. The summed E-state index contributed by atoms with van der Waals surface area (Å²) >= 11 is 0.414. The third kappa shape index (κ3) is 2.74. The Balaban J connectivity index is 1.89. The highest BCUT2D eigenvalue weighted by Gasteiger charge is 2.76. The van der Waals surface area contributed by atoms with Crippen molar-refractivity contribution < 1.29 is 32.4 Å². The molecule has 2 fully saturated rings. The molecule has 0 heterocycles. The van der Waals surface area contributed by atoms with Crippen LogP contribution in [0.1, 0.15) is 46.5 Å². The average molecular weight is 476 g/mol. The van der Waals surface area contributed by atoms with Gasteiger partial charge in [0.2, 0.25) is 5.12 Å². The predicted octanol–water partition coefficient (Wildman–Crippen LogP) is 4.63. The molecule has 4 rings (SSSR count). The maximum absolute atomic E-state index is 17.3. The number of hydrogen-bond acceptors (Lipinski definition) is 5. The highest BCUT2D eigenvalue weighted by molar-refractivity contribution is 8.13. The SMILES string of the molecule is C[C@@H]1CC2C3CC(F)=C4CC(=O)C=C[C@]4(C)[C@@]3(F)[C@@H](OP)C[C@]2(C)[C@@]1(O)C(=O)SCF. The second-order valence-electron chi connectivity index (χ2n) is 9.94. The number of allylic oxidation sites excluding steroid dienone is 4. The number of ketones is 1. The molecule has 9 heteroatoms. The number of hydrogen-bond donors (Lipinski definition) is 1. The maximum Gasteiger partial charge on any atom is 0.223 e. The van der Waals surface area contributed by atoms with E-state index < -0.39 is 62.9 Å². The van der Waals surface area contributed by atoms with Crippen molar-refractivity contribution in [3.8, 4) is 0 Å². The number of thioether (sulfide) groups is 1. The minimum absolute atomic E-state index is 0.0138. The minimum Gasteiger partial charge on any atom is -0.380 e. The van der Waals surface area contributed by atoms with Crippen molar-refractivity contribution >= 4 is 32.1 Å². The molecule has 4 nitrogen and oxygen atoms in total. The Bertz CT molecular complexity index is 896. The summed E-state index contributed by atoms with van der Waals surface area (Å²) in [7, 11) is 2.07. The lowest BCUT2D eigenvalue weighted by atomic mass is 9.45. The van der Waals surface area contributed by atoms with Crippen LogP contribution in [0.5, 0.6) is 0 Å². The van der Waals surface area contributed by atoms with Crippen LogP contribution in [0.4, 0.5) is 13.2 Å². The maximum atomic E-state index is 17.3. The lowest BCUT2D eigenvalue weighted by Crippen LogP contribution is -2.69. The molecule has 3 unspecified atom stereocenters. The molecule has 0 radical (unpaired) electrons.